The number of nitrogens with zero attached hydrogens (tertiary/aromatic N) is 4. The normalized spacial score (nSPS) is 13.5. The van der Waals surface area contributed by atoms with Gasteiger partial charge in [0.25, 0.3) is 0 Å². The number of benzene rings is 5. The van der Waals surface area contributed by atoms with E-state index >= 15 is 0 Å². The van der Waals surface area contributed by atoms with Crippen LogP contribution in [-0.4, -0.2) is 15.0 Å². The Hall–Kier alpha value is -5.13. The maximum atomic E-state index is 5.09. The van der Waals surface area contributed by atoms with Crippen molar-refractivity contribution >= 4 is 38.5 Å². The minimum absolute atomic E-state index is 0.163. The summed E-state index contributed by atoms with van der Waals surface area (Å²) >= 11 is 1.79. The van der Waals surface area contributed by atoms with E-state index in [0.717, 1.165) is 22.4 Å². The molecular weight excluding hydrogens is 545 g/mol. The molecule has 0 amide bonds. The van der Waals surface area contributed by atoms with E-state index in [4.69, 9.17) is 15.0 Å². The van der Waals surface area contributed by atoms with Crippen molar-refractivity contribution in [2.24, 2.45) is 0 Å². The van der Waals surface area contributed by atoms with Gasteiger partial charge in [0.05, 0.1) is 17.1 Å². The van der Waals surface area contributed by atoms with E-state index in [-0.39, 0.29) is 5.41 Å². The first-order valence-corrected chi connectivity index (χ1v) is 15.3. The van der Waals surface area contributed by atoms with Gasteiger partial charge in [0.1, 0.15) is 0 Å². The summed E-state index contributed by atoms with van der Waals surface area (Å²) in [4.78, 5) is 17.5. The summed E-state index contributed by atoms with van der Waals surface area (Å²) in [6, 6.07) is 44.4. The molecule has 2 aromatic heterocycles. The van der Waals surface area contributed by atoms with E-state index < -0.39 is 0 Å². The monoisotopic (exact) mass is 572 g/mol. The molecule has 0 atom stereocenters. The largest absolute Gasteiger partial charge is 0.309 e. The predicted octanol–water partition coefficient (Wildman–Crippen LogP) is 10.2. The highest BCUT2D eigenvalue weighted by atomic mass is 32.1. The van der Waals surface area contributed by atoms with Crippen molar-refractivity contribution in [2.75, 3.05) is 4.90 Å². The zero-order valence-corrected chi connectivity index (χ0v) is 24.7. The summed E-state index contributed by atoms with van der Waals surface area (Å²) < 4.78 is 1.30. The van der Waals surface area contributed by atoms with Crippen LogP contribution in [0.5, 0.6) is 0 Å². The van der Waals surface area contributed by atoms with Crippen molar-refractivity contribution in [1.82, 2.24) is 15.0 Å². The maximum Gasteiger partial charge on any atom is 0.166 e. The highest BCUT2D eigenvalue weighted by Gasteiger charge is 2.38. The van der Waals surface area contributed by atoms with Crippen molar-refractivity contribution in [3.8, 4) is 34.2 Å². The number of thiophene rings is 1. The van der Waals surface area contributed by atoms with Gasteiger partial charge in [-0.05, 0) is 58.3 Å². The molecule has 0 bridgehead atoms. The van der Waals surface area contributed by atoms with Gasteiger partial charge < -0.3 is 4.90 Å². The number of para-hydroxylation sites is 2. The third-order valence-corrected chi connectivity index (χ3v) is 9.27. The number of hydrogen-bond acceptors (Lipinski definition) is 5. The minimum Gasteiger partial charge on any atom is -0.309 e. The molecule has 0 saturated heterocycles. The molecule has 206 valence electrons. The molecule has 7 aromatic rings. The first kappa shape index (κ1) is 25.6. The summed E-state index contributed by atoms with van der Waals surface area (Å²) in [7, 11) is 0. The fraction of sp³-hybridized carbons (Fsp3) is 0.0789. The Kier molecular flexibility index (Phi) is 5.95. The van der Waals surface area contributed by atoms with Crippen LogP contribution in [0.4, 0.5) is 17.1 Å². The van der Waals surface area contributed by atoms with E-state index in [1.807, 2.05) is 60.7 Å². The maximum absolute atomic E-state index is 5.09. The fourth-order valence-corrected chi connectivity index (χ4v) is 7.01. The van der Waals surface area contributed by atoms with Gasteiger partial charge in [0.15, 0.2) is 17.5 Å². The number of aromatic nitrogens is 3. The molecule has 5 heteroatoms. The Morgan fingerprint density at radius 2 is 1.12 bits per heavy atom. The Bertz CT molecular complexity index is 2060. The first-order valence-electron chi connectivity index (χ1n) is 14.5. The molecular formula is C38H28N4S. The molecule has 4 nitrogen and oxygen atoms in total. The number of fused-ring (bicyclic) bond motifs is 3. The standard InChI is InChI=1S/C38H28N4S/c1-38(2)29-18-10-12-20-32(29)42(33-23-27-21-22-43-34(27)24-30(33)38)31-19-11-9-17-28(31)37-40-35(25-13-5-3-6-14-25)39-36(41-37)26-15-7-4-8-16-26/h3-24H,1-2H3. The van der Waals surface area contributed by atoms with Crippen LogP contribution in [-0.2, 0) is 5.41 Å². The second-order valence-electron chi connectivity index (χ2n) is 11.4. The molecule has 43 heavy (non-hydrogen) atoms. The quantitative estimate of drug-likeness (QED) is 0.210. The fourth-order valence-electron chi connectivity index (χ4n) is 6.20. The lowest BCUT2D eigenvalue weighted by Crippen LogP contribution is -2.30. The van der Waals surface area contributed by atoms with Crippen LogP contribution < -0.4 is 4.90 Å². The molecule has 0 saturated carbocycles. The van der Waals surface area contributed by atoms with Gasteiger partial charge in [-0.3, -0.25) is 0 Å². The second-order valence-corrected chi connectivity index (χ2v) is 12.3. The van der Waals surface area contributed by atoms with Crippen molar-refractivity contribution in [3.63, 3.8) is 0 Å². The Balaban J connectivity index is 1.39. The molecule has 0 aliphatic carbocycles. The molecule has 0 fully saturated rings. The van der Waals surface area contributed by atoms with Crippen molar-refractivity contribution in [2.45, 2.75) is 19.3 Å². The lowest BCUT2D eigenvalue weighted by Gasteiger charge is -2.42. The molecule has 1 aliphatic heterocycles. The topological polar surface area (TPSA) is 41.9 Å². The van der Waals surface area contributed by atoms with Gasteiger partial charge in [0.2, 0.25) is 0 Å². The third-order valence-electron chi connectivity index (χ3n) is 8.39. The summed E-state index contributed by atoms with van der Waals surface area (Å²) in [5, 5.41) is 3.43. The second kappa shape index (κ2) is 10.0. The number of anilines is 3. The summed E-state index contributed by atoms with van der Waals surface area (Å²) in [6.45, 7) is 4.66. The van der Waals surface area contributed by atoms with Crippen molar-refractivity contribution in [1.29, 1.82) is 0 Å². The highest BCUT2D eigenvalue weighted by molar-refractivity contribution is 7.17. The number of hydrogen-bond donors (Lipinski definition) is 0. The molecule has 3 heterocycles. The van der Waals surface area contributed by atoms with Crippen LogP contribution in [0.2, 0.25) is 0 Å². The van der Waals surface area contributed by atoms with E-state index in [0.29, 0.717) is 17.5 Å². The average Bonchev–Trinajstić information content (AvgIpc) is 3.53. The first-order chi connectivity index (χ1) is 21.1. The van der Waals surface area contributed by atoms with E-state index in [1.54, 1.807) is 11.3 Å². The van der Waals surface area contributed by atoms with Crippen LogP contribution in [0.3, 0.4) is 0 Å². The summed E-state index contributed by atoms with van der Waals surface area (Å²) in [5.41, 5.74) is 8.68. The summed E-state index contributed by atoms with van der Waals surface area (Å²) in [5.74, 6) is 1.95. The van der Waals surface area contributed by atoms with Crippen molar-refractivity contribution < 1.29 is 0 Å². The Morgan fingerprint density at radius 3 is 1.81 bits per heavy atom. The van der Waals surface area contributed by atoms with E-state index in [2.05, 4.69) is 90.9 Å². The lowest BCUT2D eigenvalue weighted by molar-refractivity contribution is 0.633. The number of rotatable bonds is 4. The molecule has 0 unspecified atom stereocenters. The molecule has 0 N–H and O–H groups in total. The van der Waals surface area contributed by atoms with Crippen LogP contribution in [0.15, 0.2) is 133 Å². The average molecular weight is 573 g/mol. The SMILES string of the molecule is CC1(C)c2ccccc2N(c2ccccc2-c2nc(-c3ccccc3)nc(-c3ccccc3)n2)c2cc3ccsc3cc21. The van der Waals surface area contributed by atoms with Gasteiger partial charge in [-0.1, -0.05) is 105 Å². The third kappa shape index (κ3) is 4.24. The van der Waals surface area contributed by atoms with Gasteiger partial charge in [-0.2, -0.15) is 0 Å². The van der Waals surface area contributed by atoms with Gasteiger partial charge in [0, 0.05) is 26.8 Å². The van der Waals surface area contributed by atoms with Crippen LogP contribution >= 0.6 is 11.3 Å². The smallest absolute Gasteiger partial charge is 0.166 e. The highest BCUT2D eigenvalue weighted by Crippen LogP contribution is 2.54. The zero-order chi connectivity index (χ0) is 29.0. The predicted molar refractivity (Wildman–Crippen MR) is 178 cm³/mol. The zero-order valence-electron chi connectivity index (χ0n) is 23.9. The Labute approximate surface area is 255 Å². The van der Waals surface area contributed by atoms with Gasteiger partial charge in [-0.15, -0.1) is 11.3 Å². The lowest BCUT2D eigenvalue weighted by atomic mass is 9.73. The van der Waals surface area contributed by atoms with Gasteiger partial charge >= 0.3 is 0 Å². The molecule has 1 aliphatic rings. The van der Waals surface area contributed by atoms with Gasteiger partial charge in [-0.25, -0.2) is 15.0 Å². The van der Waals surface area contributed by atoms with Crippen LogP contribution in [0.1, 0.15) is 25.0 Å². The van der Waals surface area contributed by atoms with Crippen LogP contribution in [0, 0.1) is 0 Å². The summed E-state index contributed by atoms with van der Waals surface area (Å²) in [6.07, 6.45) is 0. The molecule has 0 spiro atoms. The minimum atomic E-state index is -0.163. The molecule has 5 aromatic carbocycles. The Morgan fingerprint density at radius 1 is 0.535 bits per heavy atom. The van der Waals surface area contributed by atoms with Crippen molar-refractivity contribution in [3.05, 3.63) is 144 Å². The van der Waals surface area contributed by atoms with E-state index in [1.165, 1.54) is 32.6 Å². The molecule has 8 rings (SSSR count). The van der Waals surface area contributed by atoms with E-state index in [9.17, 15) is 0 Å². The van der Waals surface area contributed by atoms with Crippen LogP contribution in [0.25, 0.3) is 44.2 Å². The molecule has 0 radical (unpaired) electrons.